The van der Waals surface area contributed by atoms with E-state index >= 15 is 0 Å². The standard InChI is InChI=1S/C13H21N4O2S/c1-2-6-17-7-3-11(4-8-17)19-10-12(18)20-9-5-16-13(14)15/h3-4,7-8H,2,5-6,9-10H2,1H3,(H4,14,15,16)/q+1. The van der Waals surface area contributed by atoms with Gasteiger partial charge in [0.05, 0.1) is 6.54 Å². The molecular formula is C13H21N4O2S+. The third kappa shape index (κ3) is 6.98. The maximum absolute atomic E-state index is 11.6. The summed E-state index contributed by atoms with van der Waals surface area (Å²) in [6, 6.07) is 3.71. The van der Waals surface area contributed by atoms with E-state index in [2.05, 4.69) is 16.5 Å². The van der Waals surface area contributed by atoms with Crippen LogP contribution >= 0.6 is 11.8 Å². The Morgan fingerprint density at radius 2 is 2.10 bits per heavy atom. The zero-order valence-electron chi connectivity index (χ0n) is 11.6. The maximum atomic E-state index is 11.6. The van der Waals surface area contributed by atoms with E-state index in [1.165, 1.54) is 0 Å². The average Bonchev–Trinajstić information content (AvgIpc) is 2.43. The molecule has 1 heterocycles. The first-order valence-electron chi connectivity index (χ1n) is 6.44. The van der Waals surface area contributed by atoms with Crippen LogP contribution in [0.1, 0.15) is 13.3 Å². The summed E-state index contributed by atoms with van der Waals surface area (Å²) in [5, 5.41) is -0.0407. The maximum Gasteiger partial charge on any atom is 0.226 e. The van der Waals surface area contributed by atoms with Crippen molar-refractivity contribution in [2.45, 2.75) is 19.9 Å². The second-order valence-corrected chi connectivity index (χ2v) is 5.24. The Morgan fingerprint density at radius 3 is 2.70 bits per heavy atom. The Bertz CT molecular complexity index is 444. The second-order valence-electron chi connectivity index (χ2n) is 4.09. The number of ether oxygens (including phenoxy) is 1. The molecule has 4 N–H and O–H groups in total. The molecule has 0 saturated carbocycles. The summed E-state index contributed by atoms with van der Waals surface area (Å²) in [4.78, 5) is 15.3. The van der Waals surface area contributed by atoms with Gasteiger partial charge in [0.15, 0.2) is 25.0 Å². The summed E-state index contributed by atoms with van der Waals surface area (Å²) in [6.45, 7) is 3.57. The van der Waals surface area contributed by atoms with Gasteiger partial charge >= 0.3 is 0 Å². The fourth-order valence-electron chi connectivity index (χ4n) is 1.47. The van der Waals surface area contributed by atoms with E-state index in [4.69, 9.17) is 16.2 Å². The highest BCUT2D eigenvalue weighted by molar-refractivity contribution is 8.13. The van der Waals surface area contributed by atoms with E-state index in [0.29, 0.717) is 18.0 Å². The van der Waals surface area contributed by atoms with E-state index in [-0.39, 0.29) is 17.7 Å². The molecule has 0 aromatic carbocycles. The lowest BCUT2D eigenvalue weighted by molar-refractivity contribution is -0.697. The summed E-state index contributed by atoms with van der Waals surface area (Å²) in [5.41, 5.74) is 10.4. The predicted octanol–water partition coefficient (Wildman–Crippen LogP) is 0.296. The second kappa shape index (κ2) is 9.19. The van der Waals surface area contributed by atoms with Gasteiger partial charge in [-0.15, -0.1) is 0 Å². The van der Waals surface area contributed by atoms with Gasteiger partial charge in [0.2, 0.25) is 5.12 Å². The minimum Gasteiger partial charge on any atom is -0.484 e. The van der Waals surface area contributed by atoms with Crippen LogP contribution in [0, 0.1) is 0 Å². The lowest BCUT2D eigenvalue weighted by Crippen LogP contribution is -2.31. The largest absolute Gasteiger partial charge is 0.484 e. The number of hydrogen-bond donors (Lipinski definition) is 2. The SMILES string of the molecule is CCC[n+]1ccc(OCC(=O)SCCN=C(N)N)cc1. The number of thioether (sulfide) groups is 1. The van der Waals surface area contributed by atoms with Crippen molar-refractivity contribution in [2.75, 3.05) is 18.9 Å². The number of hydrogen-bond acceptors (Lipinski definition) is 4. The first kappa shape index (κ1) is 16.3. The first-order chi connectivity index (χ1) is 9.61. The van der Waals surface area contributed by atoms with Gasteiger partial charge in [0.25, 0.3) is 0 Å². The smallest absolute Gasteiger partial charge is 0.226 e. The number of aromatic nitrogens is 1. The minimum absolute atomic E-state index is 0.0407. The van der Waals surface area contributed by atoms with Crippen molar-refractivity contribution in [3.63, 3.8) is 0 Å². The summed E-state index contributed by atoms with van der Waals surface area (Å²) < 4.78 is 7.48. The fraction of sp³-hybridized carbons (Fsp3) is 0.462. The number of guanidine groups is 1. The Kier molecular flexibility index (Phi) is 7.49. The number of rotatable bonds is 8. The summed E-state index contributed by atoms with van der Waals surface area (Å²) in [5.74, 6) is 1.28. The first-order valence-corrected chi connectivity index (χ1v) is 7.43. The summed E-state index contributed by atoms with van der Waals surface area (Å²) in [6.07, 6.45) is 4.96. The van der Waals surface area contributed by atoms with Crippen LogP contribution in [0.5, 0.6) is 5.75 Å². The number of pyridine rings is 1. The zero-order chi connectivity index (χ0) is 14.8. The van der Waals surface area contributed by atoms with Gasteiger partial charge in [-0.1, -0.05) is 18.7 Å². The van der Waals surface area contributed by atoms with Crippen molar-refractivity contribution in [3.05, 3.63) is 24.5 Å². The predicted molar refractivity (Wildman–Crippen MR) is 80.6 cm³/mol. The Morgan fingerprint density at radius 1 is 1.40 bits per heavy atom. The normalized spacial score (nSPS) is 10.1. The molecule has 1 aromatic rings. The van der Waals surface area contributed by atoms with Gasteiger partial charge in [0, 0.05) is 24.3 Å². The molecule has 6 nitrogen and oxygen atoms in total. The average molecular weight is 297 g/mol. The molecule has 0 radical (unpaired) electrons. The molecule has 0 bridgehead atoms. The van der Waals surface area contributed by atoms with Gasteiger partial charge in [-0.2, -0.15) is 0 Å². The molecule has 0 atom stereocenters. The molecular weight excluding hydrogens is 276 g/mol. The number of nitrogens with two attached hydrogens (primary N) is 2. The topological polar surface area (TPSA) is 94.6 Å². The van der Waals surface area contributed by atoms with Crippen molar-refractivity contribution in [3.8, 4) is 5.75 Å². The summed E-state index contributed by atoms with van der Waals surface area (Å²) in [7, 11) is 0. The van der Waals surface area contributed by atoms with Crippen molar-refractivity contribution in [2.24, 2.45) is 16.5 Å². The van der Waals surface area contributed by atoms with Gasteiger partial charge < -0.3 is 16.2 Å². The fourth-order valence-corrected chi connectivity index (χ4v) is 2.02. The molecule has 0 unspecified atom stereocenters. The zero-order valence-corrected chi connectivity index (χ0v) is 12.4. The van der Waals surface area contributed by atoms with Gasteiger partial charge in [-0.25, -0.2) is 4.57 Å². The van der Waals surface area contributed by atoms with E-state index in [0.717, 1.165) is 24.7 Å². The lowest BCUT2D eigenvalue weighted by Gasteiger charge is -2.04. The van der Waals surface area contributed by atoms with E-state index in [9.17, 15) is 4.79 Å². The number of aryl methyl sites for hydroxylation is 1. The molecule has 0 fully saturated rings. The van der Waals surface area contributed by atoms with Crippen LogP contribution in [0.25, 0.3) is 0 Å². The molecule has 0 amide bonds. The van der Waals surface area contributed by atoms with E-state index in [1.54, 1.807) is 0 Å². The van der Waals surface area contributed by atoms with Gasteiger partial charge in [-0.3, -0.25) is 9.79 Å². The third-order valence-corrected chi connectivity index (χ3v) is 3.17. The molecule has 0 saturated heterocycles. The van der Waals surface area contributed by atoms with Crippen molar-refractivity contribution < 1.29 is 14.1 Å². The molecule has 0 aliphatic heterocycles. The van der Waals surface area contributed by atoms with Crippen LogP contribution in [-0.4, -0.2) is 30.0 Å². The molecule has 0 aliphatic carbocycles. The van der Waals surface area contributed by atoms with Gasteiger partial charge in [-0.05, 0) is 0 Å². The van der Waals surface area contributed by atoms with Crippen LogP contribution < -0.4 is 20.8 Å². The Labute approximate surface area is 123 Å². The van der Waals surface area contributed by atoms with Gasteiger partial charge in [0.1, 0.15) is 12.3 Å². The highest BCUT2D eigenvalue weighted by atomic mass is 32.2. The van der Waals surface area contributed by atoms with Crippen LogP contribution in [0.2, 0.25) is 0 Å². The van der Waals surface area contributed by atoms with Crippen molar-refractivity contribution in [1.29, 1.82) is 0 Å². The molecule has 0 spiro atoms. The van der Waals surface area contributed by atoms with Crippen LogP contribution in [-0.2, 0) is 11.3 Å². The quantitative estimate of drug-likeness (QED) is 0.311. The van der Waals surface area contributed by atoms with Crippen molar-refractivity contribution >= 4 is 22.8 Å². The third-order valence-electron chi connectivity index (χ3n) is 2.35. The van der Waals surface area contributed by atoms with Crippen LogP contribution in [0.3, 0.4) is 0 Å². The molecule has 7 heteroatoms. The van der Waals surface area contributed by atoms with E-state index < -0.39 is 0 Å². The van der Waals surface area contributed by atoms with Crippen molar-refractivity contribution in [1.82, 2.24) is 0 Å². The molecule has 110 valence electrons. The number of carbonyl (C=O) groups is 1. The molecule has 1 aromatic heterocycles. The lowest BCUT2D eigenvalue weighted by atomic mass is 10.4. The Hall–Kier alpha value is -1.76. The molecule has 0 aliphatic rings. The summed E-state index contributed by atoms with van der Waals surface area (Å²) >= 11 is 1.16. The van der Waals surface area contributed by atoms with Crippen LogP contribution in [0.4, 0.5) is 0 Å². The number of aliphatic imine (C=N–C) groups is 1. The van der Waals surface area contributed by atoms with E-state index in [1.807, 2.05) is 24.5 Å². The Balaban J connectivity index is 2.25. The highest BCUT2D eigenvalue weighted by Crippen LogP contribution is 2.09. The molecule has 20 heavy (non-hydrogen) atoms. The number of carbonyl (C=O) groups excluding carboxylic acids is 1. The number of nitrogens with zero attached hydrogens (tertiary/aromatic N) is 2. The highest BCUT2D eigenvalue weighted by Gasteiger charge is 2.05. The minimum atomic E-state index is -0.0407. The monoisotopic (exact) mass is 297 g/mol. The van der Waals surface area contributed by atoms with Crippen LogP contribution in [0.15, 0.2) is 29.5 Å². The molecule has 1 rings (SSSR count).